The predicted molar refractivity (Wildman–Crippen MR) is 131 cm³/mol. The largest absolute Gasteiger partial charge is 0.363 e. The van der Waals surface area contributed by atoms with Crippen LogP contribution in [0, 0.1) is 5.82 Å². The zero-order chi connectivity index (χ0) is 22.0. The minimum absolute atomic E-state index is 0.136. The van der Waals surface area contributed by atoms with Crippen LogP contribution in [0.15, 0.2) is 77.8 Å². The second kappa shape index (κ2) is 8.38. The third kappa shape index (κ3) is 4.38. The van der Waals surface area contributed by atoms with Crippen molar-refractivity contribution in [3.8, 4) is 0 Å². The normalized spacial score (nSPS) is 15.0. The maximum absolute atomic E-state index is 14.9. The van der Waals surface area contributed by atoms with Crippen molar-refractivity contribution < 1.29 is 4.39 Å². The van der Waals surface area contributed by atoms with Crippen molar-refractivity contribution in [1.29, 1.82) is 0 Å². The molecule has 0 radical (unpaired) electrons. The number of likely N-dealkylation sites (N-methyl/N-ethyl adjacent to an activating group) is 1. The summed E-state index contributed by atoms with van der Waals surface area (Å²) in [6.45, 7) is 9.33. The van der Waals surface area contributed by atoms with E-state index in [1.54, 1.807) is 12.3 Å². The number of nitrogens with one attached hydrogen (secondary N) is 1. The Morgan fingerprint density at radius 2 is 1.68 bits per heavy atom. The summed E-state index contributed by atoms with van der Waals surface area (Å²) in [7, 11) is 0. The number of para-hydroxylation sites is 1. The summed E-state index contributed by atoms with van der Waals surface area (Å²) in [5, 5.41) is 3.35. The van der Waals surface area contributed by atoms with Crippen LogP contribution in [0.2, 0.25) is 0 Å². The molecule has 0 saturated heterocycles. The van der Waals surface area contributed by atoms with Gasteiger partial charge >= 0.3 is 0 Å². The van der Waals surface area contributed by atoms with Crippen molar-refractivity contribution in [2.24, 2.45) is 4.99 Å². The lowest BCUT2D eigenvalue weighted by molar-refractivity contribution is 0.561. The van der Waals surface area contributed by atoms with Gasteiger partial charge in [0.1, 0.15) is 5.82 Å². The summed E-state index contributed by atoms with van der Waals surface area (Å²) in [5.41, 5.74) is 6.31. The average Bonchev–Trinajstić information content (AvgIpc) is 2.74. The summed E-state index contributed by atoms with van der Waals surface area (Å²) < 4.78 is 14.9. The van der Waals surface area contributed by atoms with E-state index in [9.17, 15) is 4.39 Å². The van der Waals surface area contributed by atoms with E-state index in [0.717, 1.165) is 40.4 Å². The van der Waals surface area contributed by atoms with Crippen molar-refractivity contribution in [3.05, 3.63) is 89.8 Å². The minimum atomic E-state index is -0.256. The molecule has 0 saturated carbocycles. The molecule has 4 rings (SSSR count). The van der Waals surface area contributed by atoms with Gasteiger partial charge in [0.25, 0.3) is 0 Å². The fourth-order valence-corrected chi connectivity index (χ4v) is 4.25. The number of hydrogen-bond acceptors (Lipinski definition) is 3. The molecule has 158 valence electrons. The number of nitrogens with zero attached hydrogens (tertiary/aromatic N) is 2. The summed E-state index contributed by atoms with van der Waals surface area (Å²) in [5.74, 6) is -0.256. The van der Waals surface area contributed by atoms with Crippen molar-refractivity contribution >= 4 is 34.5 Å². The first-order valence-corrected chi connectivity index (χ1v) is 10.6. The Hall–Kier alpha value is -3.40. The molecule has 4 heteroatoms. The summed E-state index contributed by atoms with van der Waals surface area (Å²) in [4.78, 5) is 6.74. The van der Waals surface area contributed by atoms with Gasteiger partial charge in [-0.2, -0.15) is 0 Å². The van der Waals surface area contributed by atoms with E-state index in [0.29, 0.717) is 5.56 Å². The molecule has 0 fully saturated rings. The van der Waals surface area contributed by atoms with E-state index in [-0.39, 0.29) is 11.4 Å². The Labute approximate surface area is 184 Å². The number of rotatable bonds is 5. The van der Waals surface area contributed by atoms with Gasteiger partial charge in [-0.15, -0.1) is 0 Å². The molecule has 0 spiro atoms. The molecule has 0 aliphatic carbocycles. The van der Waals surface area contributed by atoms with Crippen LogP contribution < -0.4 is 10.2 Å². The van der Waals surface area contributed by atoms with Crippen LogP contribution in [0.25, 0.3) is 5.57 Å². The molecule has 0 bridgehead atoms. The number of hydrogen-bond donors (Lipinski definition) is 1. The average molecular weight is 414 g/mol. The molecular formula is C27H28FN3. The standard InChI is InChI=1S/C27H28FN3/c1-5-31-26-16-25(28)20(15-24(26)19(2)17-27(31,3)4)18-29-21-11-13-23(14-12-21)30-22-9-7-6-8-10-22/h6-18,30H,5H2,1-4H3. The zero-order valence-electron chi connectivity index (χ0n) is 18.5. The van der Waals surface area contributed by atoms with Gasteiger partial charge in [0.15, 0.2) is 0 Å². The van der Waals surface area contributed by atoms with Gasteiger partial charge < -0.3 is 10.2 Å². The van der Waals surface area contributed by atoms with Gasteiger partial charge in [0.05, 0.1) is 11.2 Å². The number of allylic oxidation sites excluding steroid dienone is 1. The van der Waals surface area contributed by atoms with Crippen LogP contribution in [0.5, 0.6) is 0 Å². The molecule has 31 heavy (non-hydrogen) atoms. The fraction of sp³-hybridized carbons (Fsp3) is 0.222. The second-order valence-corrected chi connectivity index (χ2v) is 8.41. The van der Waals surface area contributed by atoms with Crippen LogP contribution in [-0.2, 0) is 0 Å². The maximum Gasteiger partial charge on any atom is 0.134 e. The summed E-state index contributed by atoms with van der Waals surface area (Å²) in [6, 6.07) is 21.3. The van der Waals surface area contributed by atoms with Crippen LogP contribution in [-0.4, -0.2) is 18.3 Å². The molecule has 3 aromatic rings. The van der Waals surface area contributed by atoms with Crippen LogP contribution in [0.4, 0.5) is 27.1 Å². The summed E-state index contributed by atoms with van der Waals surface area (Å²) in [6.07, 6.45) is 3.86. The van der Waals surface area contributed by atoms with Crippen LogP contribution in [0.3, 0.4) is 0 Å². The number of halogens is 1. The van der Waals surface area contributed by atoms with Crippen molar-refractivity contribution in [2.75, 3.05) is 16.8 Å². The molecule has 0 atom stereocenters. The SMILES string of the molecule is CCN1c2cc(F)c(C=Nc3ccc(Nc4ccccc4)cc3)cc2C(C)=CC1(C)C. The molecule has 3 aromatic carbocycles. The third-order valence-electron chi connectivity index (χ3n) is 5.69. The Kier molecular flexibility index (Phi) is 5.64. The zero-order valence-corrected chi connectivity index (χ0v) is 18.5. The first kappa shape index (κ1) is 20.9. The van der Waals surface area contributed by atoms with Crippen molar-refractivity contribution in [2.45, 2.75) is 33.2 Å². The Balaban J connectivity index is 1.57. The minimum Gasteiger partial charge on any atom is -0.363 e. The summed E-state index contributed by atoms with van der Waals surface area (Å²) >= 11 is 0. The first-order valence-electron chi connectivity index (χ1n) is 10.6. The molecule has 3 nitrogen and oxygen atoms in total. The number of benzene rings is 3. The highest BCUT2D eigenvalue weighted by atomic mass is 19.1. The Bertz CT molecular complexity index is 1130. The van der Waals surface area contributed by atoms with E-state index in [1.807, 2.05) is 60.7 Å². The number of fused-ring (bicyclic) bond motifs is 1. The van der Waals surface area contributed by atoms with E-state index in [2.05, 4.69) is 49.0 Å². The molecule has 1 N–H and O–H groups in total. The number of anilines is 3. The van der Waals surface area contributed by atoms with Gasteiger partial charge in [-0.1, -0.05) is 24.3 Å². The molecule has 1 aliphatic heterocycles. The third-order valence-corrected chi connectivity index (χ3v) is 5.69. The van der Waals surface area contributed by atoms with E-state index < -0.39 is 0 Å². The van der Waals surface area contributed by atoms with E-state index in [4.69, 9.17) is 0 Å². The molecule has 0 aromatic heterocycles. The lowest BCUT2D eigenvalue weighted by Crippen LogP contribution is -2.45. The highest BCUT2D eigenvalue weighted by Crippen LogP contribution is 2.39. The molecule has 1 heterocycles. The van der Waals surface area contributed by atoms with E-state index >= 15 is 0 Å². The molecule has 0 amide bonds. The lowest BCUT2D eigenvalue weighted by atomic mass is 9.88. The maximum atomic E-state index is 14.9. The smallest absolute Gasteiger partial charge is 0.134 e. The van der Waals surface area contributed by atoms with Gasteiger partial charge in [-0.25, -0.2) is 4.39 Å². The monoisotopic (exact) mass is 413 g/mol. The number of aliphatic imine (C=N–C) groups is 1. The predicted octanol–water partition coefficient (Wildman–Crippen LogP) is 7.34. The molecule has 0 unspecified atom stereocenters. The van der Waals surface area contributed by atoms with Crippen molar-refractivity contribution in [1.82, 2.24) is 0 Å². The van der Waals surface area contributed by atoms with Crippen LogP contribution >= 0.6 is 0 Å². The first-order chi connectivity index (χ1) is 14.9. The molecule has 1 aliphatic rings. The quantitative estimate of drug-likeness (QED) is 0.443. The van der Waals surface area contributed by atoms with E-state index in [1.165, 1.54) is 0 Å². The highest BCUT2D eigenvalue weighted by molar-refractivity contribution is 5.89. The Morgan fingerprint density at radius 3 is 2.35 bits per heavy atom. The van der Waals surface area contributed by atoms with Gasteiger partial charge in [0, 0.05) is 40.9 Å². The fourth-order valence-electron chi connectivity index (χ4n) is 4.25. The Morgan fingerprint density at radius 1 is 1.00 bits per heavy atom. The van der Waals surface area contributed by atoms with Gasteiger partial charge in [-0.3, -0.25) is 4.99 Å². The highest BCUT2D eigenvalue weighted by Gasteiger charge is 2.30. The lowest BCUT2D eigenvalue weighted by Gasteiger charge is -2.42. The topological polar surface area (TPSA) is 27.6 Å². The van der Waals surface area contributed by atoms with Crippen molar-refractivity contribution in [3.63, 3.8) is 0 Å². The van der Waals surface area contributed by atoms with Crippen LogP contribution in [0.1, 0.15) is 38.8 Å². The van der Waals surface area contributed by atoms with Gasteiger partial charge in [0.2, 0.25) is 0 Å². The second-order valence-electron chi connectivity index (χ2n) is 8.41. The van der Waals surface area contributed by atoms with Gasteiger partial charge in [-0.05, 0) is 81.8 Å². The molecular weight excluding hydrogens is 385 g/mol.